The summed E-state index contributed by atoms with van der Waals surface area (Å²) >= 11 is 0. The number of aromatic nitrogens is 2. The van der Waals surface area contributed by atoms with E-state index in [1.54, 1.807) is 0 Å². The van der Waals surface area contributed by atoms with Crippen LogP contribution in [0.1, 0.15) is 44.6 Å². The number of nitrogens with zero attached hydrogens (tertiary/aromatic N) is 5. The van der Waals surface area contributed by atoms with E-state index in [0.717, 1.165) is 53.4 Å². The molecule has 1 unspecified atom stereocenters. The second-order valence-electron chi connectivity index (χ2n) is 10.1. The number of fused-ring (bicyclic) bond motifs is 2. The van der Waals surface area contributed by atoms with E-state index >= 15 is 0 Å². The number of alkyl carbamates (subject to hydrolysis) is 1. The number of aliphatic imine (C=N–C) groups is 3. The Morgan fingerprint density at radius 3 is 2.72 bits per heavy atom. The number of carbonyl (C=O) groups is 1. The summed E-state index contributed by atoms with van der Waals surface area (Å²) in [5.74, 6) is 1.15. The molecule has 4 N–H and O–H groups in total. The van der Waals surface area contributed by atoms with Crippen molar-refractivity contribution in [3.05, 3.63) is 71.4 Å². The van der Waals surface area contributed by atoms with E-state index in [0.29, 0.717) is 24.6 Å². The first kappa shape index (κ1) is 25.0. The highest BCUT2D eigenvalue weighted by atomic mass is 16.6. The zero-order valence-electron chi connectivity index (χ0n) is 21.9. The van der Waals surface area contributed by atoms with Crippen molar-refractivity contribution in [3.8, 4) is 0 Å². The summed E-state index contributed by atoms with van der Waals surface area (Å²) in [5, 5.41) is 11.9. The van der Waals surface area contributed by atoms with E-state index < -0.39 is 12.3 Å². The van der Waals surface area contributed by atoms with Crippen LogP contribution in [0.25, 0.3) is 10.9 Å². The van der Waals surface area contributed by atoms with Gasteiger partial charge in [-0.25, -0.2) is 19.8 Å². The molecule has 0 saturated heterocycles. The Morgan fingerprint density at radius 2 is 1.92 bits per heavy atom. The Bertz CT molecular complexity index is 1500. The Morgan fingerprint density at radius 1 is 1.10 bits per heavy atom. The van der Waals surface area contributed by atoms with Crippen molar-refractivity contribution in [2.24, 2.45) is 20.7 Å². The summed E-state index contributed by atoms with van der Waals surface area (Å²) in [6.07, 6.45) is 6.28. The molecule has 1 fully saturated rings. The lowest BCUT2D eigenvalue weighted by Crippen LogP contribution is -2.37. The highest BCUT2D eigenvalue weighted by molar-refractivity contribution is 6.21. The van der Waals surface area contributed by atoms with Crippen LogP contribution in [-0.4, -0.2) is 52.2 Å². The maximum absolute atomic E-state index is 12.7. The Hall–Kier alpha value is -4.31. The Balaban J connectivity index is 1.17. The minimum atomic E-state index is -0.493. The molecule has 10 heteroatoms. The molecule has 1 saturated carbocycles. The fraction of sp³-hybridized carbons (Fsp3) is 0.345. The molecular weight excluding hydrogens is 492 g/mol. The number of nitrogens with two attached hydrogens (primary N) is 1. The number of benzene rings is 2. The van der Waals surface area contributed by atoms with Crippen LogP contribution >= 0.6 is 0 Å². The predicted octanol–water partition coefficient (Wildman–Crippen LogP) is 4.38. The number of hydrogen-bond donors (Lipinski definition) is 3. The van der Waals surface area contributed by atoms with Crippen LogP contribution in [0.3, 0.4) is 0 Å². The molecule has 1 amide bonds. The van der Waals surface area contributed by atoms with E-state index in [4.69, 9.17) is 10.5 Å². The van der Waals surface area contributed by atoms with E-state index in [2.05, 4.69) is 55.0 Å². The zero-order chi connectivity index (χ0) is 26.8. The third-order valence-electron chi connectivity index (χ3n) is 7.42. The molecule has 200 valence electrons. The van der Waals surface area contributed by atoms with Crippen molar-refractivity contribution in [1.82, 2.24) is 15.1 Å². The summed E-state index contributed by atoms with van der Waals surface area (Å²) in [5.41, 5.74) is 10.9. The second kappa shape index (κ2) is 10.8. The van der Waals surface area contributed by atoms with Gasteiger partial charge in [-0.2, -0.15) is 5.10 Å². The van der Waals surface area contributed by atoms with Crippen molar-refractivity contribution in [2.75, 3.05) is 5.32 Å². The van der Waals surface area contributed by atoms with Gasteiger partial charge in [0, 0.05) is 28.3 Å². The van der Waals surface area contributed by atoms with Crippen LogP contribution in [0.5, 0.6) is 0 Å². The molecule has 1 aliphatic carbocycles. The molecule has 3 aromatic rings. The van der Waals surface area contributed by atoms with Crippen molar-refractivity contribution >= 4 is 40.7 Å². The Kier molecular flexibility index (Phi) is 6.93. The zero-order valence-corrected chi connectivity index (χ0v) is 21.9. The standard InChI is InChI=1S/C29H32N8O2/c1-2-23-25-27(31-17-32-28(25)35-26(23)36-29(38)39-22-11-8-20(30)9-12-22)34-21-10-13-24-19(14-21)15-33-37(24)16-18-6-4-3-5-7-18/h3-7,10,13-15,17,20,22,28H,2,8-9,11-12,16,30H2,1H3,(H,31,32,34)(H,35,36,38). The van der Waals surface area contributed by atoms with Gasteiger partial charge in [-0.05, 0) is 55.9 Å². The van der Waals surface area contributed by atoms with Crippen LogP contribution in [-0.2, 0) is 11.3 Å². The molecule has 10 nitrogen and oxygen atoms in total. The molecular formula is C29H32N8O2. The molecule has 39 heavy (non-hydrogen) atoms. The lowest BCUT2D eigenvalue weighted by atomic mass is 9.94. The van der Waals surface area contributed by atoms with Gasteiger partial charge < -0.3 is 15.8 Å². The van der Waals surface area contributed by atoms with Crippen LogP contribution in [0, 0.1) is 0 Å². The first-order valence-electron chi connectivity index (χ1n) is 13.5. The van der Waals surface area contributed by atoms with Crippen LogP contribution in [0.4, 0.5) is 10.5 Å². The van der Waals surface area contributed by atoms with E-state index in [1.807, 2.05) is 42.1 Å². The minimum Gasteiger partial charge on any atom is -0.446 e. The largest absolute Gasteiger partial charge is 0.446 e. The van der Waals surface area contributed by atoms with Gasteiger partial charge >= 0.3 is 6.09 Å². The van der Waals surface area contributed by atoms with E-state index in [1.165, 1.54) is 11.9 Å². The SMILES string of the molecule is CCC1=C2C(Nc3ccc4c(cnn4Cc4ccccc4)c3)=NC=NC2N=C1NC(=O)OC1CCC(N)CC1. The molecule has 2 aliphatic heterocycles. The normalized spacial score (nSPS) is 22.4. The lowest BCUT2D eigenvalue weighted by molar-refractivity contribution is 0.0755. The highest BCUT2D eigenvalue weighted by Crippen LogP contribution is 2.29. The predicted molar refractivity (Wildman–Crippen MR) is 153 cm³/mol. The number of hydrogen-bond acceptors (Lipinski definition) is 8. The number of nitrogens with one attached hydrogen (secondary N) is 2. The fourth-order valence-electron chi connectivity index (χ4n) is 5.38. The van der Waals surface area contributed by atoms with Gasteiger partial charge in [-0.3, -0.25) is 10.00 Å². The van der Waals surface area contributed by atoms with Gasteiger partial charge in [0.1, 0.15) is 24.1 Å². The number of ether oxygens (including phenoxy) is 1. The van der Waals surface area contributed by atoms with Crippen LogP contribution in [0.2, 0.25) is 0 Å². The third-order valence-corrected chi connectivity index (χ3v) is 7.42. The number of anilines is 1. The third kappa shape index (κ3) is 5.33. The van der Waals surface area contributed by atoms with Crippen LogP contribution in [0.15, 0.2) is 80.9 Å². The molecule has 1 atom stereocenters. The molecule has 6 rings (SSSR count). The monoisotopic (exact) mass is 524 g/mol. The Labute approximate surface area is 226 Å². The molecule has 2 aromatic carbocycles. The maximum atomic E-state index is 12.7. The van der Waals surface area contributed by atoms with Crippen molar-refractivity contribution < 1.29 is 9.53 Å². The van der Waals surface area contributed by atoms with Gasteiger partial charge in [0.25, 0.3) is 0 Å². The topological polar surface area (TPSA) is 131 Å². The minimum absolute atomic E-state index is 0.115. The number of amides is 1. The van der Waals surface area contributed by atoms with Gasteiger partial charge in [0.2, 0.25) is 0 Å². The van der Waals surface area contributed by atoms with E-state index in [-0.39, 0.29) is 12.1 Å². The van der Waals surface area contributed by atoms with Crippen molar-refractivity contribution in [3.63, 3.8) is 0 Å². The van der Waals surface area contributed by atoms with Gasteiger partial charge in [-0.1, -0.05) is 37.3 Å². The van der Waals surface area contributed by atoms with Gasteiger partial charge in [0.15, 0.2) is 6.17 Å². The summed E-state index contributed by atoms with van der Waals surface area (Å²) in [4.78, 5) is 26.3. The number of carbonyl (C=O) groups excluding carboxylic acids is 1. The summed E-state index contributed by atoms with van der Waals surface area (Å²) in [6.45, 7) is 2.73. The van der Waals surface area contributed by atoms with Gasteiger partial charge in [-0.15, -0.1) is 0 Å². The number of rotatable bonds is 5. The summed E-state index contributed by atoms with van der Waals surface area (Å²) in [6, 6.07) is 16.6. The summed E-state index contributed by atoms with van der Waals surface area (Å²) in [7, 11) is 0. The van der Waals surface area contributed by atoms with Crippen molar-refractivity contribution in [2.45, 2.75) is 63.9 Å². The molecule has 0 bridgehead atoms. The number of amidine groups is 2. The maximum Gasteiger partial charge on any atom is 0.413 e. The van der Waals surface area contributed by atoms with Crippen molar-refractivity contribution in [1.29, 1.82) is 0 Å². The molecule has 0 radical (unpaired) electrons. The first-order valence-corrected chi connectivity index (χ1v) is 13.5. The highest BCUT2D eigenvalue weighted by Gasteiger charge is 2.33. The summed E-state index contributed by atoms with van der Waals surface area (Å²) < 4.78 is 7.65. The van der Waals surface area contributed by atoms with E-state index in [9.17, 15) is 4.79 Å². The lowest BCUT2D eigenvalue weighted by Gasteiger charge is -2.25. The molecule has 0 spiro atoms. The first-order chi connectivity index (χ1) is 19.1. The quantitative estimate of drug-likeness (QED) is 0.456. The molecule has 3 aliphatic rings. The molecule has 3 heterocycles. The second-order valence-corrected chi connectivity index (χ2v) is 10.1. The average molecular weight is 525 g/mol. The average Bonchev–Trinajstić information content (AvgIpc) is 3.51. The van der Waals surface area contributed by atoms with Crippen LogP contribution < -0.4 is 16.4 Å². The molecule has 1 aromatic heterocycles. The fourth-order valence-corrected chi connectivity index (χ4v) is 5.38. The smallest absolute Gasteiger partial charge is 0.413 e. The van der Waals surface area contributed by atoms with Gasteiger partial charge in [0.05, 0.1) is 18.3 Å².